The minimum atomic E-state index is 0.473. The Bertz CT molecular complexity index is 458. The lowest BCUT2D eigenvalue weighted by Gasteiger charge is -2.21. The predicted octanol–water partition coefficient (Wildman–Crippen LogP) is 4.21. The van der Waals surface area contributed by atoms with Gasteiger partial charge in [0.2, 0.25) is 0 Å². The van der Waals surface area contributed by atoms with E-state index in [9.17, 15) is 0 Å². The van der Waals surface area contributed by atoms with E-state index in [-0.39, 0.29) is 0 Å². The van der Waals surface area contributed by atoms with Gasteiger partial charge < -0.3 is 5.32 Å². The van der Waals surface area contributed by atoms with Crippen molar-refractivity contribution in [3.63, 3.8) is 0 Å². The highest BCUT2D eigenvalue weighted by Crippen LogP contribution is 2.33. The maximum Gasteiger partial charge on any atom is 0.0357 e. The van der Waals surface area contributed by atoms with Crippen LogP contribution in [0.15, 0.2) is 29.6 Å². The molecule has 2 aromatic rings. The second-order valence-corrected chi connectivity index (χ2v) is 5.38. The van der Waals surface area contributed by atoms with Gasteiger partial charge in [-0.1, -0.05) is 39.0 Å². The zero-order valence-corrected chi connectivity index (χ0v) is 11.0. The Morgan fingerprint density at radius 2 is 2.00 bits per heavy atom. The minimum absolute atomic E-state index is 0.473. The Morgan fingerprint density at radius 1 is 1.25 bits per heavy atom. The van der Waals surface area contributed by atoms with E-state index in [1.54, 1.807) is 0 Å². The molecule has 0 saturated carbocycles. The number of nitrogens with one attached hydrogen (secondary N) is 1. The summed E-state index contributed by atoms with van der Waals surface area (Å²) in [7, 11) is 0. The third kappa shape index (κ3) is 2.13. The molecule has 1 N–H and O–H groups in total. The first kappa shape index (κ1) is 11.6. The fourth-order valence-electron chi connectivity index (χ4n) is 2.16. The first-order valence-corrected chi connectivity index (χ1v) is 6.81. The summed E-state index contributed by atoms with van der Waals surface area (Å²) in [6.07, 6.45) is 0. The second-order valence-electron chi connectivity index (χ2n) is 4.47. The molecule has 1 atom stereocenters. The van der Waals surface area contributed by atoms with E-state index in [1.807, 2.05) is 11.3 Å². The second kappa shape index (κ2) is 4.98. The molecular formula is C14H19NS. The van der Waals surface area contributed by atoms with Crippen LogP contribution in [-0.4, -0.2) is 6.54 Å². The Labute approximate surface area is 101 Å². The zero-order valence-electron chi connectivity index (χ0n) is 10.2. The van der Waals surface area contributed by atoms with Crippen LogP contribution in [0.2, 0.25) is 0 Å². The van der Waals surface area contributed by atoms with Crippen molar-refractivity contribution in [3.8, 4) is 0 Å². The summed E-state index contributed by atoms with van der Waals surface area (Å²) in [5.41, 5.74) is 1.46. The number of benzene rings is 1. The standard InChI is InChI=1S/C14H19NS/c1-4-15-14(10(2)3)12-9-16-13-8-6-5-7-11(12)13/h5-10,14-15H,4H2,1-3H3. The van der Waals surface area contributed by atoms with Crippen molar-refractivity contribution < 1.29 is 0 Å². The Kier molecular flexibility index (Phi) is 3.62. The monoisotopic (exact) mass is 233 g/mol. The molecule has 0 amide bonds. The average molecular weight is 233 g/mol. The smallest absolute Gasteiger partial charge is 0.0357 e. The van der Waals surface area contributed by atoms with E-state index in [4.69, 9.17) is 0 Å². The van der Waals surface area contributed by atoms with Gasteiger partial charge >= 0.3 is 0 Å². The summed E-state index contributed by atoms with van der Waals surface area (Å²) in [6.45, 7) is 7.75. The first-order valence-electron chi connectivity index (χ1n) is 5.93. The number of hydrogen-bond donors (Lipinski definition) is 1. The van der Waals surface area contributed by atoms with Crippen LogP contribution in [0.5, 0.6) is 0 Å². The van der Waals surface area contributed by atoms with Crippen molar-refractivity contribution in [2.24, 2.45) is 5.92 Å². The highest BCUT2D eigenvalue weighted by molar-refractivity contribution is 7.17. The maximum absolute atomic E-state index is 3.58. The number of fused-ring (bicyclic) bond motifs is 1. The number of hydrogen-bond acceptors (Lipinski definition) is 2. The maximum atomic E-state index is 3.58. The molecule has 2 rings (SSSR count). The van der Waals surface area contributed by atoms with Crippen LogP contribution in [0.1, 0.15) is 32.4 Å². The highest BCUT2D eigenvalue weighted by atomic mass is 32.1. The van der Waals surface area contributed by atoms with Crippen molar-refractivity contribution in [2.45, 2.75) is 26.8 Å². The molecule has 0 bridgehead atoms. The summed E-state index contributed by atoms with van der Waals surface area (Å²) in [5.74, 6) is 0.623. The topological polar surface area (TPSA) is 12.0 Å². The Hall–Kier alpha value is -0.860. The van der Waals surface area contributed by atoms with Gasteiger partial charge in [0.1, 0.15) is 0 Å². The first-order chi connectivity index (χ1) is 7.74. The molecule has 0 aliphatic carbocycles. The molecule has 2 heteroatoms. The third-order valence-corrected chi connectivity index (χ3v) is 3.92. The van der Waals surface area contributed by atoms with Crippen LogP contribution >= 0.6 is 11.3 Å². The SMILES string of the molecule is CCNC(c1csc2ccccc12)C(C)C. The molecule has 0 aliphatic rings. The third-order valence-electron chi connectivity index (χ3n) is 2.94. The van der Waals surface area contributed by atoms with E-state index in [0.717, 1.165) is 6.54 Å². The molecule has 0 spiro atoms. The van der Waals surface area contributed by atoms with E-state index in [0.29, 0.717) is 12.0 Å². The number of thiophene rings is 1. The summed E-state index contributed by atoms with van der Waals surface area (Å²) >= 11 is 1.85. The fraction of sp³-hybridized carbons (Fsp3) is 0.429. The van der Waals surface area contributed by atoms with Crippen LogP contribution in [-0.2, 0) is 0 Å². The minimum Gasteiger partial charge on any atom is -0.310 e. The van der Waals surface area contributed by atoms with Crippen molar-refractivity contribution in [2.75, 3.05) is 6.54 Å². The summed E-state index contributed by atoms with van der Waals surface area (Å²) in [6, 6.07) is 9.14. The molecule has 0 radical (unpaired) electrons. The number of rotatable bonds is 4. The van der Waals surface area contributed by atoms with Crippen molar-refractivity contribution in [1.29, 1.82) is 0 Å². The molecule has 0 aliphatic heterocycles. The molecule has 1 aromatic heterocycles. The van der Waals surface area contributed by atoms with Crippen LogP contribution in [0, 0.1) is 5.92 Å². The summed E-state index contributed by atoms with van der Waals surface area (Å²) in [4.78, 5) is 0. The van der Waals surface area contributed by atoms with Gasteiger partial charge in [0.15, 0.2) is 0 Å². The van der Waals surface area contributed by atoms with E-state index >= 15 is 0 Å². The Balaban J connectivity index is 2.44. The van der Waals surface area contributed by atoms with Gasteiger partial charge in [-0.3, -0.25) is 0 Å². The van der Waals surface area contributed by atoms with Crippen molar-refractivity contribution in [3.05, 3.63) is 35.2 Å². The van der Waals surface area contributed by atoms with Gasteiger partial charge in [0.05, 0.1) is 0 Å². The van der Waals surface area contributed by atoms with E-state index in [2.05, 4.69) is 55.7 Å². The molecule has 1 unspecified atom stereocenters. The van der Waals surface area contributed by atoms with Crippen molar-refractivity contribution in [1.82, 2.24) is 5.32 Å². The normalized spacial score (nSPS) is 13.5. The molecule has 86 valence electrons. The predicted molar refractivity (Wildman–Crippen MR) is 73.1 cm³/mol. The van der Waals surface area contributed by atoms with Gasteiger partial charge in [0, 0.05) is 10.7 Å². The lowest BCUT2D eigenvalue weighted by Crippen LogP contribution is -2.25. The van der Waals surface area contributed by atoms with Gasteiger partial charge in [-0.15, -0.1) is 11.3 Å². The molecule has 16 heavy (non-hydrogen) atoms. The van der Waals surface area contributed by atoms with Crippen LogP contribution < -0.4 is 5.32 Å². The van der Waals surface area contributed by atoms with Gasteiger partial charge in [-0.05, 0) is 34.9 Å². The van der Waals surface area contributed by atoms with Gasteiger partial charge in [0.25, 0.3) is 0 Å². The van der Waals surface area contributed by atoms with Gasteiger partial charge in [-0.25, -0.2) is 0 Å². The molecule has 1 aromatic carbocycles. The average Bonchev–Trinajstić information content (AvgIpc) is 2.69. The summed E-state index contributed by atoms with van der Waals surface area (Å²) in [5, 5.41) is 7.30. The summed E-state index contributed by atoms with van der Waals surface area (Å²) < 4.78 is 1.39. The zero-order chi connectivity index (χ0) is 11.5. The van der Waals surface area contributed by atoms with Crippen molar-refractivity contribution >= 4 is 21.4 Å². The lowest BCUT2D eigenvalue weighted by molar-refractivity contribution is 0.425. The van der Waals surface area contributed by atoms with E-state index < -0.39 is 0 Å². The molecule has 1 nitrogen and oxygen atoms in total. The molecule has 0 saturated heterocycles. The molecule has 1 heterocycles. The van der Waals surface area contributed by atoms with Gasteiger partial charge in [-0.2, -0.15) is 0 Å². The fourth-order valence-corrected chi connectivity index (χ4v) is 3.16. The van der Waals surface area contributed by atoms with Crippen LogP contribution in [0.4, 0.5) is 0 Å². The molecule has 0 fully saturated rings. The van der Waals surface area contributed by atoms with E-state index in [1.165, 1.54) is 15.6 Å². The van der Waals surface area contributed by atoms with Crippen LogP contribution in [0.3, 0.4) is 0 Å². The van der Waals surface area contributed by atoms with Crippen LogP contribution in [0.25, 0.3) is 10.1 Å². The molecular weight excluding hydrogens is 214 g/mol. The highest BCUT2D eigenvalue weighted by Gasteiger charge is 2.17. The lowest BCUT2D eigenvalue weighted by atomic mass is 9.95. The Morgan fingerprint density at radius 3 is 2.69 bits per heavy atom. The largest absolute Gasteiger partial charge is 0.310 e. The quantitative estimate of drug-likeness (QED) is 0.834.